The van der Waals surface area contributed by atoms with Crippen LogP contribution in [-0.4, -0.2) is 5.11 Å². The van der Waals surface area contributed by atoms with Crippen LogP contribution in [0.5, 0.6) is 5.75 Å². The zero-order valence-corrected chi connectivity index (χ0v) is 11.0. The highest BCUT2D eigenvalue weighted by molar-refractivity contribution is 6.25. The molecule has 0 aromatic heterocycles. The van der Waals surface area contributed by atoms with Gasteiger partial charge in [0.05, 0.1) is 0 Å². The molecule has 0 unspecified atom stereocenters. The molecule has 19 heavy (non-hydrogen) atoms. The van der Waals surface area contributed by atoms with Crippen LogP contribution in [0, 0.1) is 13.8 Å². The van der Waals surface area contributed by atoms with Crippen molar-refractivity contribution in [3.8, 4) is 5.75 Å². The van der Waals surface area contributed by atoms with Crippen molar-refractivity contribution in [2.24, 2.45) is 0 Å². The molecular formula is C18H14O. The summed E-state index contributed by atoms with van der Waals surface area (Å²) in [5.74, 6) is 0.420. The normalized spacial score (nSPS) is 11.9. The molecule has 0 spiro atoms. The molecular weight excluding hydrogens is 232 g/mol. The number of hydrogen-bond acceptors (Lipinski definition) is 1. The maximum absolute atomic E-state index is 10.4. The van der Waals surface area contributed by atoms with Crippen molar-refractivity contribution in [1.29, 1.82) is 0 Å². The van der Waals surface area contributed by atoms with E-state index in [1.807, 2.05) is 13.0 Å². The number of aromatic hydroxyl groups is 1. The largest absolute Gasteiger partial charge is 0.507 e. The number of benzene rings is 4. The summed E-state index contributed by atoms with van der Waals surface area (Å²) in [6, 6.07) is 14.8. The van der Waals surface area contributed by atoms with Crippen molar-refractivity contribution in [1.82, 2.24) is 0 Å². The summed E-state index contributed by atoms with van der Waals surface area (Å²) >= 11 is 0. The summed E-state index contributed by atoms with van der Waals surface area (Å²) in [6.45, 7) is 4.07. The van der Waals surface area contributed by atoms with Gasteiger partial charge in [-0.15, -0.1) is 0 Å². The monoisotopic (exact) mass is 246 g/mol. The molecule has 1 heteroatoms. The Kier molecular flexibility index (Phi) is 1.89. The lowest BCUT2D eigenvalue weighted by Gasteiger charge is -2.15. The van der Waals surface area contributed by atoms with Crippen molar-refractivity contribution in [3.05, 3.63) is 53.6 Å². The van der Waals surface area contributed by atoms with Crippen molar-refractivity contribution < 1.29 is 5.11 Å². The molecule has 1 N–H and O–H groups in total. The molecule has 0 aliphatic rings. The third-order valence-electron chi connectivity index (χ3n) is 4.35. The Labute approximate surface area is 111 Å². The van der Waals surface area contributed by atoms with Crippen molar-refractivity contribution in [3.63, 3.8) is 0 Å². The third-order valence-corrected chi connectivity index (χ3v) is 4.35. The fraction of sp³-hybridized carbons (Fsp3) is 0.111. The smallest absolute Gasteiger partial charge is 0.126 e. The minimum Gasteiger partial charge on any atom is -0.507 e. The maximum atomic E-state index is 10.4. The highest BCUT2D eigenvalue weighted by atomic mass is 16.3. The van der Waals surface area contributed by atoms with E-state index in [-0.39, 0.29) is 0 Å². The van der Waals surface area contributed by atoms with Gasteiger partial charge in [0.1, 0.15) is 5.75 Å². The second-order valence-corrected chi connectivity index (χ2v) is 5.28. The van der Waals surface area contributed by atoms with Gasteiger partial charge in [-0.3, -0.25) is 0 Å². The van der Waals surface area contributed by atoms with Gasteiger partial charge in [0.25, 0.3) is 0 Å². The average Bonchev–Trinajstić information content (AvgIpc) is 2.45. The van der Waals surface area contributed by atoms with Gasteiger partial charge in [-0.2, -0.15) is 0 Å². The zero-order valence-electron chi connectivity index (χ0n) is 11.0. The first kappa shape index (κ1) is 10.6. The Balaban J connectivity index is 2.47. The van der Waals surface area contributed by atoms with Gasteiger partial charge >= 0.3 is 0 Å². The van der Waals surface area contributed by atoms with Crippen molar-refractivity contribution in [2.45, 2.75) is 13.8 Å². The molecule has 0 heterocycles. The van der Waals surface area contributed by atoms with E-state index in [0.717, 1.165) is 10.9 Å². The van der Waals surface area contributed by atoms with Crippen LogP contribution in [0.1, 0.15) is 11.1 Å². The van der Waals surface area contributed by atoms with Gasteiger partial charge < -0.3 is 5.11 Å². The predicted octanol–water partition coefficient (Wildman–Crippen LogP) is 4.91. The molecule has 0 saturated carbocycles. The average molecular weight is 246 g/mol. The van der Waals surface area contributed by atoms with Crippen LogP contribution in [0.3, 0.4) is 0 Å². The van der Waals surface area contributed by atoms with Gasteiger partial charge in [-0.05, 0) is 52.6 Å². The van der Waals surface area contributed by atoms with Crippen LogP contribution in [0.15, 0.2) is 42.5 Å². The fourth-order valence-electron chi connectivity index (χ4n) is 3.17. The molecule has 4 aromatic rings. The summed E-state index contributed by atoms with van der Waals surface area (Å²) in [5, 5.41) is 17.5. The number of phenols is 1. The molecule has 0 saturated heterocycles. The number of aryl methyl sites for hydroxylation is 1. The Hall–Kier alpha value is -2.28. The Bertz CT molecular complexity index is 865. The summed E-state index contributed by atoms with van der Waals surface area (Å²) in [6.07, 6.45) is 0. The minimum absolute atomic E-state index is 0.420. The Morgan fingerprint density at radius 3 is 2.00 bits per heavy atom. The minimum atomic E-state index is 0.420. The van der Waals surface area contributed by atoms with E-state index in [1.165, 1.54) is 32.5 Å². The van der Waals surface area contributed by atoms with Gasteiger partial charge in [0.2, 0.25) is 0 Å². The fourth-order valence-corrected chi connectivity index (χ4v) is 3.17. The van der Waals surface area contributed by atoms with E-state index < -0.39 is 0 Å². The summed E-state index contributed by atoms with van der Waals surface area (Å²) < 4.78 is 0. The van der Waals surface area contributed by atoms with E-state index in [4.69, 9.17) is 0 Å². The SMILES string of the molecule is Cc1c(C)c2ccc3cccc4ccc(c1O)c2c34. The highest BCUT2D eigenvalue weighted by Gasteiger charge is 2.14. The third kappa shape index (κ3) is 1.20. The molecule has 92 valence electrons. The molecule has 0 aliphatic carbocycles. The van der Waals surface area contributed by atoms with Gasteiger partial charge in [-0.1, -0.05) is 36.4 Å². The van der Waals surface area contributed by atoms with Crippen molar-refractivity contribution >= 4 is 32.3 Å². The molecule has 0 atom stereocenters. The molecule has 0 bridgehead atoms. The molecule has 0 aliphatic heterocycles. The molecule has 0 radical (unpaired) electrons. The van der Waals surface area contributed by atoms with Gasteiger partial charge in [0, 0.05) is 10.8 Å². The quantitative estimate of drug-likeness (QED) is 0.437. The van der Waals surface area contributed by atoms with Crippen LogP contribution in [0.25, 0.3) is 32.3 Å². The Morgan fingerprint density at radius 2 is 1.32 bits per heavy atom. The first-order chi connectivity index (χ1) is 9.18. The van der Waals surface area contributed by atoms with Crippen LogP contribution in [0.4, 0.5) is 0 Å². The molecule has 0 fully saturated rings. The van der Waals surface area contributed by atoms with Gasteiger partial charge in [0.15, 0.2) is 0 Å². The Morgan fingerprint density at radius 1 is 0.684 bits per heavy atom. The summed E-state index contributed by atoms with van der Waals surface area (Å²) in [5.41, 5.74) is 2.15. The predicted molar refractivity (Wildman–Crippen MR) is 81.3 cm³/mol. The van der Waals surface area contributed by atoms with E-state index in [2.05, 4.69) is 43.3 Å². The number of phenolic OH excluding ortho intramolecular Hbond substituents is 1. The number of hydrogen-bond donors (Lipinski definition) is 1. The number of rotatable bonds is 0. The highest BCUT2D eigenvalue weighted by Crippen LogP contribution is 2.41. The van der Waals surface area contributed by atoms with Crippen LogP contribution in [-0.2, 0) is 0 Å². The molecule has 1 nitrogen and oxygen atoms in total. The lowest BCUT2D eigenvalue weighted by molar-refractivity contribution is 0.477. The second-order valence-electron chi connectivity index (χ2n) is 5.28. The second kappa shape index (κ2) is 3.39. The summed E-state index contributed by atoms with van der Waals surface area (Å²) in [7, 11) is 0. The lowest BCUT2D eigenvalue weighted by atomic mass is 9.89. The first-order valence-corrected chi connectivity index (χ1v) is 6.54. The van der Waals surface area contributed by atoms with Crippen molar-refractivity contribution in [2.75, 3.05) is 0 Å². The van der Waals surface area contributed by atoms with E-state index in [0.29, 0.717) is 5.75 Å². The van der Waals surface area contributed by atoms with Gasteiger partial charge in [-0.25, -0.2) is 0 Å². The van der Waals surface area contributed by atoms with Crippen LogP contribution >= 0.6 is 0 Å². The van der Waals surface area contributed by atoms with Crippen LogP contribution < -0.4 is 0 Å². The topological polar surface area (TPSA) is 20.2 Å². The molecule has 4 rings (SSSR count). The van der Waals surface area contributed by atoms with E-state index in [9.17, 15) is 5.11 Å². The molecule has 0 amide bonds. The lowest BCUT2D eigenvalue weighted by Crippen LogP contribution is -1.90. The summed E-state index contributed by atoms with van der Waals surface area (Å²) in [4.78, 5) is 0. The first-order valence-electron chi connectivity index (χ1n) is 6.54. The maximum Gasteiger partial charge on any atom is 0.126 e. The molecule has 4 aromatic carbocycles. The van der Waals surface area contributed by atoms with E-state index in [1.54, 1.807) is 0 Å². The van der Waals surface area contributed by atoms with Crippen LogP contribution in [0.2, 0.25) is 0 Å². The standard InChI is InChI=1S/C18H14O/c1-10-11(2)18(19)15-9-7-13-5-3-4-12-6-8-14(10)17(15)16(12)13/h3-9,19H,1-2H3. The zero-order chi connectivity index (χ0) is 13.1. The van der Waals surface area contributed by atoms with E-state index >= 15 is 0 Å².